The average molecular weight is 431 g/mol. The molecule has 0 aliphatic carbocycles. The number of hydrogen-bond acceptors (Lipinski definition) is 5. The van der Waals surface area contributed by atoms with Crippen LogP contribution in [0.15, 0.2) is 57.7 Å². The molecule has 0 saturated heterocycles. The van der Waals surface area contributed by atoms with Crippen molar-refractivity contribution in [2.24, 2.45) is 0 Å². The van der Waals surface area contributed by atoms with Crippen molar-refractivity contribution >= 4 is 22.7 Å². The van der Waals surface area contributed by atoms with E-state index in [0.29, 0.717) is 25.0 Å². The molecule has 0 radical (unpaired) electrons. The Kier molecular flexibility index (Phi) is 5.58. The average Bonchev–Trinajstić information content (AvgIpc) is 3.25. The highest BCUT2D eigenvalue weighted by molar-refractivity contribution is 5.90. The van der Waals surface area contributed by atoms with Gasteiger partial charge in [0.05, 0.1) is 5.52 Å². The molecular weight excluding hydrogens is 406 g/mol. The van der Waals surface area contributed by atoms with Gasteiger partial charge in [-0.15, -0.1) is 10.2 Å². The SMILES string of the molecule is O=C(CCCn1c(=O)oc2ccccc21)Nc1ccc(-c2nnc3n2CCCCC3)cc1. The number of benzene rings is 2. The predicted molar refractivity (Wildman–Crippen MR) is 121 cm³/mol. The maximum absolute atomic E-state index is 12.4. The third kappa shape index (κ3) is 4.08. The molecule has 4 aromatic rings. The highest BCUT2D eigenvalue weighted by Crippen LogP contribution is 2.24. The van der Waals surface area contributed by atoms with Crippen LogP contribution in [0.3, 0.4) is 0 Å². The standard InChI is InChI=1S/C24H25N5O3/c30-22(10-6-16-28-19-7-3-4-8-20(19)32-24(28)31)25-18-13-11-17(12-14-18)23-27-26-21-9-2-1-5-15-29(21)23/h3-4,7-8,11-14H,1-2,5-6,9-10,15-16H2,(H,25,30). The van der Waals surface area contributed by atoms with Gasteiger partial charge >= 0.3 is 5.76 Å². The van der Waals surface area contributed by atoms with Crippen molar-refractivity contribution < 1.29 is 9.21 Å². The number of carbonyl (C=O) groups excluding carboxylic acids is 1. The molecule has 164 valence electrons. The summed E-state index contributed by atoms with van der Waals surface area (Å²) in [7, 11) is 0. The largest absolute Gasteiger partial charge is 0.419 e. The fourth-order valence-electron chi connectivity index (χ4n) is 4.25. The lowest BCUT2D eigenvalue weighted by Gasteiger charge is -2.09. The Morgan fingerprint density at radius 3 is 2.75 bits per heavy atom. The van der Waals surface area contributed by atoms with Crippen LogP contribution < -0.4 is 11.1 Å². The lowest BCUT2D eigenvalue weighted by atomic mass is 10.2. The first-order chi connectivity index (χ1) is 15.7. The number of oxazole rings is 1. The van der Waals surface area contributed by atoms with Crippen LogP contribution in [0.2, 0.25) is 0 Å². The second-order valence-electron chi connectivity index (χ2n) is 8.12. The molecule has 1 amide bonds. The Hall–Kier alpha value is -3.68. The lowest BCUT2D eigenvalue weighted by Crippen LogP contribution is -2.17. The zero-order valence-electron chi connectivity index (χ0n) is 17.8. The number of anilines is 1. The number of fused-ring (bicyclic) bond motifs is 2. The van der Waals surface area contributed by atoms with Gasteiger partial charge in [0, 0.05) is 37.2 Å². The van der Waals surface area contributed by atoms with Gasteiger partial charge in [0.1, 0.15) is 5.82 Å². The van der Waals surface area contributed by atoms with Gasteiger partial charge < -0.3 is 14.3 Å². The summed E-state index contributed by atoms with van der Waals surface area (Å²) in [6, 6.07) is 15.0. The molecule has 8 nitrogen and oxygen atoms in total. The van der Waals surface area contributed by atoms with Crippen LogP contribution in [0, 0.1) is 0 Å². The van der Waals surface area contributed by atoms with Crippen LogP contribution in [-0.2, 0) is 24.3 Å². The van der Waals surface area contributed by atoms with E-state index in [9.17, 15) is 9.59 Å². The monoisotopic (exact) mass is 431 g/mol. The molecule has 5 rings (SSSR count). The third-order valence-corrected chi connectivity index (χ3v) is 5.90. The van der Waals surface area contributed by atoms with Crippen LogP contribution in [-0.4, -0.2) is 25.2 Å². The minimum atomic E-state index is -0.395. The van der Waals surface area contributed by atoms with Gasteiger partial charge in [-0.3, -0.25) is 9.36 Å². The van der Waals surface area contributed by atoms with Crippen molar-refractivity contribution in [2.45, 2.75) is 51.6 Å². The number of aryl methyl sites for hydroxylation is 2. The summed E-state index contributed by atoms with van der Waals surface area (Å²) in [6.07, 6.45) is 5.35. The molecule has 1 N–H and O–H groups in total. The second-order valence-corrected chi connectivity index (χ2v) is 8.12. The molecule has 0 spiro atoms. The van der Waals surface area contributed by atoms with Crippen LogP contribution >= 0.6 is 0 Å². The summed E-state index contributed by atoms with van der Waals surface area (Å²) in [5.41, 5.74) is 3.04. The first-order valence-corrected chi connectivity index (χ1v) is 11.1. The number of carbonyl (C=O) groups is 1. The van der Waals surface area contributed by atoms with E-state index in [4.69, 9.17) is 4.42 Å². The van der Waals surface area contributed by atoms with Crippen LogP contribution in [0.4, 0.5) is 5.69 Å². The third-order valence-electron chi connectivity index (χ3n) is 5.90. The topological polar surface area (TPSA) is 94.9 Å². The fraction of sp³-hybridized carbons (Fsp3) is 0.333. The highest BCUT2D eigenvalue weighted by Gasteiger charge is 2.16. The van der Waals surface area contributed by atoms with E-state index in [1.165, 1.54) is 6.42 Å². The number of hydrogen-bond donors (Lipinski definition) is 1. The number of rotatable bonds is 6. The number of nitrogens with one attached hydrogen (secondary N) is 1. The molecule has 0 atom stereocenters. The quantitative estimate of drug-likeness (QED) is 0.498. The maximum Gasteiger partial charge on any atom is 0.419 e. The zero-order chi connectivity index (χ0) is 21.9. The number of aromatic nitrogens is 4. The van der Waals surface area contributed by atoms with E-state index < -0.39 is 5.76 Å². The van der Waals surface area contributed by atoms with E-state index in [2.05, 4.69) is 20.1 Å². The molecule has 8 heteroatoms. The van der Waals surface area contributed by atoms with Gasteiger partial charge in [-0.1, -0.05) is 18.6 Å². The molecule has 0 fully saturated rings. The molecule has 0 unspecified atom stereocenters. The van der Waals surface area contributed by atoms with Crippen molar-refractivity contribution in [1.82, 2.24) is 19.3 Å². The summed E-state index contributed by atoms with van der Waals surface area (Å²) < 4.78 is 9.01. The van der Waals surface area contributed by atoms with Gasteiger partial charge in [0.15, 0.2) is 11.4 Å². The summed E-state index contributed by atoms with van der Waals surface area (Å²) >= 11 is 0. The Balaban J connectivity index is 1.19. The summed E-state index contributed by atoms with van der Waals surface area (Å²) in [6.45, 7) is 1.38. The Morgan fingerprint density at radius 1 is 1.03 bits per heavy atom. The van der Waals surface area contributed by atoms with Crippen LogP contribution in [0.5, 0.6) is 0 Å². The molecule has 0 saturated carbocycles. The van der Waals surface area contributed by atoms with Crippen molar-refractivity contribution in [1.29, 1.82) is 0 Å². The van der Waals surface area contributed by atoms with E-state index in [1.807, 2.05) is 42.5 Å². The molecule has 1 aliphatic rings. The molecule has 32 heavy (non-hydrogen) atoms. The second kappa shape index (κ2) is 8.82. The minimum absolute atomic E-state index is 0.0880. The lowest BCUT2D eigenvalue weighted by molar-refractivity contribution is -0.116. The molecule has 1 aliphatic heterocycles. The normalized spacial score (nSPS) is 13.6. The summed E-state index contributed by atoms with van der Waals surface area (Å²) in [5, 5.41) is 11.7. The number of nitrogens with zero attached hydrogens (tertiary/aromatic N) is 4. The van der Waals surface area contributed by atoms with Crippen molar-refractivity contribution in [3.05, 3.63) is 64.9 Å². The zero-order valence-corrected chi connectivity index (χ0v) is 17.8. The van der Waals surface area contributed by atoms with Gasteiger partial charge in [-0.25, -0.2) is 4.79 Å². The molecule has 0 bridgehead atoms. The smallest absolute Gasteiger partial charge is 0.408 e. The Morgan fingerprint density at radius 2 is 1.88 bits per heavy atom. The fourth-order valence-corrected chi connectivity index (χ4v) is 4.25. The predicted octanol–water partition coefficient (Wildman–Crippen LogP) is 4.00. The van der Waals surface area contributed by atoms with Gasteiger partial charge in [0.2, 0.25) is 5.91 Å². The van der Waals surface area contributed by atoms with Gasteiger partial charge in [-0.05, 0) is 55.7 Å². The van der Waals surface area contributed by atoms with Crippen molar-refractivity contribution in [3.63, 3.8) is 0 Å². The Bertz CT molecular complexity index is 1300. The summed E-state index contributed by atoms with van der Waals surface area (Å²) in [5.74, 6) is 1.46. The minimum Gasteiger partial charge on any atom is -0.408 e. The Labute approximate surface area is 184 Å². The molecule has 2 aromatic carbocycles. The van der Waals surface area contributed by atoms with Crippen LogP contribution in [0.1, 0.15) is 37.9 Å². The molecule has 2 aromatic heterocycles. The maximum atomic E-state index is 12.4. The first-order valence-electron chi connectivity index (χ1n) is 11.1. The van der Waals surface area contributed by atoms with E-state index in [0.717, 1.165) is 54.2 Å². The van der Waals surface area contributed by atoms with Gasteiger partial charge in [-0.2, -0.15) is 0 Å². The van der Waals surface area contributed by atoms with Gasteiger partial charge in [0.25, 0.3) is 0 Å². The van der Waals surface area contributed by atoms with Crippen molar-refractivity contribution in [3.8, 4) is 11.4 Å². The van der Waals surface area contributed by atoms with Crippen LogP contribution in [0.25, 0.3) is 22.5 Å². The van der Waals surface area contributed by atoms with E-state index >= 15 is 0 Å². The van der Waals surface area contributed by atoms with Crippen molar-refractivity contribution in [2.75, 3.05) is 5.32 Å². The first kappa shape index (κ1) is 20.2. The number of para-hydroxylation sites is 2. The van der Waals surface area contributed by atoms with E-state index in [1.54, 1.807) is 10.6 Å². The molecular formula is C24H25N5O3. The number of amides is 1. The molecule has 3 heterocycles. The highest BCUT2D eigenvalue weighted by atomic mass is 16.4. The summed E-state index contributed by atoms with van der Waals surface area (Å²) in [4.78, 5) is 24.4. The van der Waals surface area contributed by atoms with E-state index in [-0.39, 0.29) is 5.91 Å².